The second-order valence-electron chi connectivity index (χ2n) is 4.17. The van der Waals surface area contributed by atoms with Gasteiger partial charge in [0.25, 0.3) is 0 Å². The molecule has 0 aromatic rings. The molecule has 0 saturated carbocycles. The van der Waals surface area contributed by atoms with E-state index in [1.807, 2.05) is 6.92 Å². The lowest BCUT2D eigenvalue weighted by Crippen LogP contribution is -2.51. The van der Waals surface area contributed by atoms with Gasteiger partial charge in [0.15, 0.2) is 0 Å². The Morgan fingerprint density at radius 3 is 2.53 bits per heavy atom. The van der Waals surface area contributed by atoms with Crippen molar-refractivity contribution in [3.05, 3.63) is 0 Å². The molecule has 0 aromatic heterocycles. The van der Waals surface area contributed by atoms with E-state index >= 15 is 0 Å². The lowest BCUT2D eigenvalue weighted by molar-refractivity contribution is -0.174. The maximum absolute atomic E-state index is 11.0. The van der Waals surface area contributed by atoms with E-state index in [9.17, 15) is 4.79 Å². The van der Waals surface area contributed by atoms with Gasteiger partial charge in [-0.15, -0.1) is 0 Å². The van der Waals surface area contributed by atoms with E-state index < -0.39 is 0 Å². The van der Waals surface area contributed by atoms with Gasteiger partial charge in [0, 0.05) is 16.8 Å². The third kappa shape index (κ3) is 3.06. The van der Waals surface area contributed by atoms with Crippen LogP contribution in [0.2, 0.25) is 0 Å². The van der Waals surface area contributed by atoms with Crippen LogP contribution in [-0.2, 0) is 14.3 Å². The van der Waals surface area contributed by atoms with Crippen LogP contribution in [0, 0.1) is 5.92 Å². The van der Waals surface area contributed by atoms with Crippen LogP contribution in [-0.4, -0.2) is 28.2 Å². The molecule has 1 aliphatic rings. The third-order valence-electron chi connectivity index (χ3n) is 2.93. The Hall–Kier alpha value is 0.160. The molecule has 0 N–H and O–H groups in total. The zero-order valence-electron chi connectivity index (χ0n) is 9.70. The number of carbonyl (C=O) groups is 1. The van der Waals surface area contributed by atoms with Crippen LogP contribution < -0.4 is 0 Å². The Labute approximate surface area is 105 Å². The second-order valence-corrected chi connectivity index (χ2v) is 5.60. The predicted octanol–water partition coefficient (Wildman–Crippen LogP) is 2.56. The van der Waals surface area contributed by atoms with Crippen LogP contribution in [0.4, 0.5) is 0 Å². The number of hydrogen-bond acceptors (Lipinski definition) is 3. The molecular weight excluding hydrogens is 307 g/mol. The maximum atomic E-state index is 11.0. The smallest absolute Gasteiger partial charge is 0.303 e. The minimum Gasteiger partial charge on any atom is -0.459 e. The van der Waals surface area contributed by atoms with Crippen molar-refractivity contribution in [1.29, 1.82) is 0 Å². The third-order valence-corrected chi connectivity index (χ3v) is 4.87. The van der Waals surface area contributed by atoms with Gasteiger partial charge in [-0.1, -0.05) is 36.4 Å². The largest absolute Gasteiger partial charge is 0.459 e. The molecule has 5 unspecified atom stereocenters. The summed E-state index contributed by atoms with van der Waals surface area (Å²) in [7, 11) is 0. The molecule has 0 amide bonds. The first-order valence-electron chi connectivity index (χ1n) is 5.44. The molecule has 1 fully saturated rings. The van der Waals surface area contributed by atoms with Crippen molar-refractivity contribution in [3.63, 3.8) is 0 Å². The van der Waals surface area contributed by atoms with Crippen LogP contribution in [0.3, 0.4) is 0 Å². The molecule has 0 aliphatic carbocycles. The average molecular weight is 326 g/mol. The summed E-state index contributed by atoms with van der Waals surface area (Å²) in [4.78, 5) is 11.0. The summed E-state index contributed by atoms with van der Waals surface area (Å²) < 4.78 is 11.6. The molecule has 15 heavy (non-hydrogen) atoms. The standard InChI is InChI=1S/C11H19IO3/c1-5-9-10(12)6(2)11(7(3)14-9)15-8(4)13/h6-7,9-11H,5H2,1-4H3. The number of carbonyl (C=O) groups excluding carboxylic acids is 1. The van der Waals surface area contributed by atoms with Crippen LogP contribution in [0.1, 0.15) is 34.1 Å². The number of alkyl halides is 1. The first-order valence-corrected chi connectivity index (χ1v) is 6.68. The summed E-state index contributed by atoms with van der Waals surface area (Å²) in [6.45, 7) is 7.69. The van der Waals surface area contributed by atoms with E-state index in [-0.39, 0.29) is 24.3 Å². The Balaban J connectivity index is 2.70. The van der Waals surface area contributed by atoms with Crippen molar-refractivity contribution in [3.8, 4) is 0 Å². The molecule has 3 nitrogen and oxygen atoms in total. The molecule has 0 aromatic carbocycles. The minimum atomic E-state index is -0.221. The summed E-state index contributed by atoms with van der Waals surface area (Å²) in [5.74, 6) is 0.129. The summed E-state index contributed by atoms with van der Waals surface area (Å²) in [6.07, 6.45) is 1.18. The molecular formula is C11H19IO3. The van der Waals surface area contributed by atoms with Gasteiger partial charge in [0.1, 0.15) is 6.10 Å². The van der Waals surface area contributed by atoms with E-state index in [2.05, 4.69) is 36.4 Å². The molecule has 0 spiro atoms. The number of rotatable bonds is 2. The van der Waals surface area contributed by atoms with E-state index in [4.69, 9.17) is 9.47 Å². The Morgan fingerprint density at radius 2 is 2.07 bits per heavy atom. The normalized spacial score (nSPS) is 41.3. The van der Waals surface area contributed by atoms with E-state index in [1.54, 1.807) is 0 Å². The molecule has 1 heterocycles. The van der Waals surface area contributed by atoms with E-state index in [1.165, 1.54) is 6.92 Å². The Kier molecular flexibility index (Phi) is 4.83. The van der Waals surface area contributed by atoms with Gasteiger partial charge in [0.05, 0.1) is 12.2 Å². The van der Waals surface area contributed by atoms with Crippen LogP contribution in [0.15, 0.2) is 0 Å². The van der Waals surface area contributed by atoms with Gasteiger partial charge in [-0.05, 0) is 13.3 Å². The molecule has 88 valence electrons. The molecule has 0 radical (unpaired) electrons. The summed E-state index contributed by atoms with van der Waals surface area (Å²) in [6, 6.07) is 0. The fourth-order valence-corrected chi connectivity index (χ4v) is 3.18. The van der Waals surface area contributed by atoms with Crippen molar-refractivity contribution in [1.82, 2.24) is 0 Å². The number of halogens is 1. The highest BCUT2D eigenvalue weighted by atomic mass is 127. The summed E-state index contributed by atoms with van der Waals surface area (Å²) in [5, 5.41) is 0. The number of hydrogen-bond donors (Lipinski definition) is 0. The zero-order chi connectivity index (χ0) is 11.6. The molecule has 1 rings (SSSR count). The highest BCUT2D eigenvalue weighted by Gasteiger charge is 2.41. The lowest BCUT2D eigenvalue weighted by atomic mass is 9.90. The van der Waals surface area contributed by atoms with Gasteiger partial charge in [0.2, 0.25) is 0 Å². The predicted molar refractivity (Wildman–Crippen MR) is 67.2 cm³/mol. The second kappa shape index (κ2) is 5.48. The molecule has 1 saturated heterocycles. The lowest BCUT2D eigenvalue weighted by Gasteiger charge is -2.41. The van der Waals surface area contributed by atoms with Gasteiger partial charge in [-0.25, -0.2) is 0 Å². The topological polar surface area (TPSA) is 35.5 Å². The monoisotopic (exact) mass is 326 g/mol. The van der Waals surface area contributed by atoms with Gasteiger partial charge in [-0.2, -0.15) is 0 Å². The van der Waals surface area contributed by atoms with Crippen LogP contribution >= 0.6 is 22.6 Å². The highest BCUT2D eigenvalue weighted by Crippen LogP contribution is 2.34. The Morgan fingerprint density at radius 1 is 1.47 bits per heavy atom. The average Bonchev–Trinajstić information content (AvgIpc) is 2.18. The first kappa shape index (κ1) is 13.2. The summed E-state index contributed by atoms with van der Waals surface area (Å²) >= 11 is 2.40. The van der Waals surface area contributed by atoms with Crippen LogP contribution in [0.5, 0.6) is 0 Å². The minimum absolute atomic E-state index is 0.000124. The number of esters is 1. The molecule has 5 atom stereocenters. The molecule has 1 aliphatic heterocycles. The SMILES string of the molecule is CCC1OC(C)C(OC(C)=O)C(C)C1I. The van der Waals surface area contributed by atoms with Crippen molar-refractivity contribution in [2.24, 2.45) is 5.92 Å². The first-order chi connectivity index (χ1) is 6.97. The van der Waals surface area contributed by atoms with Gasteiger partial charge in [-0.3, -0.25) is 4.79 Å². The molecule has 4 heteroatoms. The van der Waals surface area contributed by atoms with Crippen molar-refractivity contribution < 1.29 is 14.3 Å². The molecule has 0 bridgehead atoms. The van der Waals surface area contributed by atoms with Crippen molar-refractivity contribution in [2.75, 3.05) is 0 Å². The zero-order valence-corrected chi connectivity index (χ0v) is 11.9. The fraction of sp³-hybridized carbons (Fsp3) is 0.909. The van der Waals surface area contributed by atoms with Crippen molar-refractivity contribution >= 4 is 28.6 Å². The Bertz CT molecular complexity index is 232. The fourth-order valence-electron chi connectivity index (χ4n) is 2.09. The quantitative estimate of drug-likeness (QED) is 0.444. The van der Waals surface area contributed by atoms with Gasteiger partial charge < -0.3 is 9.47 Å². The highest BCUT2D eigenvalue weighted by molar-refractivity contribution is 14.1. The van der Waals surface area contributed by atoms with Crippen LogP contribution in [0.25, 0.3) is 0 Å². The van der Waals surface area contributed by atoms with E-state index in [0.29, 0.717) is 9.84 Å². The van der Waals surface area contributed by atoms with E-state index in [0.717, 1.165) is 6.42 Å². The van der Waals surface area contributed by atoms with Crippen molar-refractivity contribution in [2.45, 2.75) is 56.4 Å². The maximum Gasteiger partial charge on any atom is 0.303 e. The number of ether oxygens (including phenoxy) is 2. The van der Waals surface area contributed by atoms with Gasteiger partial charge >= 0.3 is 5.97 Å². The summed E-state index contributed by atoms with van der Waals surface area (Å²) in [5.41, 5.74) is 0.